The van der Waals surface area contributed by atoms with E-state index in [4.69, 9.17) is 0 Å². The Morgan fingerprint density at radius 3 is 2.78 bits per heavy atom. The van der Waals surface area contributed by atoms with Crippen LogP contribution in [-0.2, 0) is 11.2 Å². The normalized spacial score (nSPS) is 10.7. The Bertz CT molecular complexity index is 616. The summed E-state index contributed by atoms with van der Waals surface area (Å²) in [5, 5.41) is 12.4. The minimum Gasteiger partial charge on any atom is -0.301 e. The standard InChI is InChI=1S/C16H20FN3OS2/c1-2-3-4-5-15-19-20-16(23-15)18-14(21)10-11-22-13-8-6-12(17)7-9-13/h6-9H,2-5,10-11H2,1H3,(H,18,20,21). The van der Waals surface area contributed by atoms with Gasteiger partial charge in [-0.15, -0.1) is 22.0 Å². The third-order valence-electron chi connectivity index (χ3n) is 3.12. The van der Waals surface area contributed by atoms with Gasteiger partial charge in [0.05, 0.1) is 0 Å². The molecule has 7 heteroatoms. The minimum absolute atomic E-state index is 0.0733. The molecule has 2 aromatic rings. The number of rotatable bonds is 9. The van der Waals surface area contributed by atoms with Crippen LogP contribution in [0.1, 0.15) is 37.6 Å². The van der Waals surface area contributed by atoms with Crippen LogP contribution in [-0.4, -0.2) is 21.9 Å². The number of amides is 1. The maximum Gasteiger partial charge on any atom is 0.227 e. The van der Waals surface area contributed by atoms with Crippen LogP contribution in [0.5, 0.6) is 0 Å². The molecular weight excluding hydrogens is 333 g/mol. The Hall–Kier alpha value is -1.47. The Kier molecular flexibility index (Phi) is 7.48. The van der Waals surface area contributed by atoms with Gasteiger partial charge in [-0.25, -0.2) is 4.39 Å². The average Bonchev–Trinajstić information content (AvgIpc) is 2.97. The Labute approximate surface area is 143 Å². The van der Waals surface area contributed by atoms with Gasteiger partial charge in [0, 0.05) is 23.5 Å². The molecular formula is C16H20FN3OS2. The highest BCUT2D eigenvalue weighted by Crippen LogP contribution is 2.20. The zero-order valence-corrected chi connectivity index (χ0v) is 14.7. The van der Waals surface area contributed by atoms with E-state index in [1.165, 1.54) is 48.1 Å². The Morgan fingerprint density at radius 2 is 2.04 bits per heavy atom. The molecule has 0 radical (unpaired) electrons. The van der Waals surface area contributed by atoms with Gasteiger partial charge in [0.15, 0.2) is 0 Å². The van der Waals surface area contributed by atoms with E-state index in [1.54, 1.807) is 12.1 Å². The maximum atomic E-state index is 12.8. The predicted molar refractivity (Wildman–Crippen MR) is 93.5 cm³/mol. The molecule has 1 amide bonds. The lowest BCUT2D eigenvalue weighted by molar-refractivity contribution is -0.115. The number of hydrogen-bond donors (Lipinski definition) is 1. The van der Waals surface area contributed by atoms with E-state index in [1.807, 2.05) is 0 Å². The van der Waals surface area contributed by atoms with Crippen molar-refractivity contribution in [2.24, 2.45) is 0 Å². The number of nitrogens with one attached hydrogen (secondary N) is 1. The summed E-state index contributed by atoms with van der Waals surface area (Å²) >= 11 is 2.97. The summed E-state index contributed by atoms with van der Waals surface area (Å²) < 4.78 is 12.8. The van der Waals surface area contributed by atoms with Gasteiger partial charge in [0.2, 0.25) is 11.0 Å². The van der Waals surface area contributed by atoms with E-state index in [2.05, 4.69) is 22.4 Å². The van der Waals surface area contributed by atoms with Crippen molar-refractivity contribution in [2.75, 3.05) is 11.1 Å². The van der Waals surface area contributed by atoms with E-state index < -0.39 is 0 Å². The first kappa shape index (κ1) is 17.9. The molecule has 1 aromatic heterocycles. The van der Waals surface area contributed by atoms with E-state index in [9.17, 15) is 9.18 Å². The molecule has 0 aliphatic carbocycles. The van der Waals surface area contributed by atoms with Gasteiger partial charge in [0.1, 0.15) is 10.8 Å². The fourth-order valence-corrected chi connectivity index (χ4v) is 3.55. The molecule has 0 fully saturated rings. The molecule has 1 N–H and O–H groups in total. The lowest BCUT2D eigenvalue weighted by Crippen LogP contribution is -2.11. The number of unbranched alkanes of at least 4 members (excludes halogenated alkanes) is 2. The Morgan fingerprint density at radius 1 is 1.26 bits per heavy atom. The summed E-state index contributed by atoms with van der Waals surface area (Å²) in [6.07, 6.45) is 4.76. The SMILES string of the molecule is CCCCCc1nnc(NC(=O)CCSc2ccc(F)cc2)s1. The van der Waals surface area contributed by atoms with Crippen molar-refractivity contribution in [3.8, 4) is 0 Å². The van der Waals surface area contributed by atoms with Gasteiger partial charge >= 0.3 is 0 Å². The maximum absolute atomic E-state index is 12.8. The first-order valence-corrected chi connectivity index (χ1v) is 9.48. The fourth-order valence-electron chi connectivity index (χ4n) is 1.91. The molecule has 0 unspecified atom stereocenters. The van der Waals surface area contributed by atoms with Gasteiger partial charge in [-0.3, -0.25) is 4.79 Å². The molecule has 124 valence electrons. The first-order valence-electron chi connectivity index (χ1n) is 7.68. The Balaban J connectivity index is 1.69. The third kappa shape index (κ3) is 6.66. The average molecular weight is 353 g/mol. The molecule has 0 saturated carbocycles. The van der Waals surface area contributed by atoms with Crippen LogP contribution in [0.3, 0.4) is 0 Å². The van der Waals surface area contributed by atoms with Crippen molar-refractivity contribution >= 4 is 34.1 Å². The van der Waals surface area contributed by atoms with Crippen LogP contribution in [0, 0.1) is 5.82 Å². The van der Waals surface area contributed by atoms with Crippen molar-refractivity contribution in [3.05, 3.63) is 35.1 Å². The number of carbonyl (C=O) groups is 1. The number of thioether (sulfide) groups is 1. The first-order chi connectivity index (χ1) is 11.2. The lowest BCUT2D eigenvalue weighted by atomic mass is 10.2. The van der Waals surface area contributed by atoms with Gasteiger partial charge in [-0.2, -0.15) is 0 Å². The highest BCUT2D eigenvalue weighted by molar-refractivity contribution is 7.99. The molecule has 1 heterocycles. The quantitative estimate of drug-likeness (QED) is 0.531. The number of benzene rings is 1. The third-order valence-corrected chi connectivity index (χ3v) is 5.03. The van der Waals surface area contributed by atoms with Crippen LogP contribution in [0.15, 0.2) is 29.2 Å². The number of aromatic nitrogens is 2. The van der Waals surface area contributed by atoms with E-state index in [-0.39, 0.29) is 11.7 Å². The van der Waals surface area contributed by atoms with Crippen molar-refractivity contribution in [3.63, 3.8) is 0 Å². The molecule has 4 nitrogen and oxygen atoms in total. The van der Waals surface area contributed by atoms with Crippen molar-refractivity contribution < 1.29 is 9.18 Å². The summed E-state index contributed by atoms with van der Waals surface area (Å²) in [5.41, 5.74) is 0. The second-order valence-electron chi connectivity index (χ2n) is 5.06. The molecule has 0 bridgehead atoms. The van der Waals surface area contributed by atoms with Gasteiger partial charge in [-0.1, -0.05) is 31.1 Å². The molecule has 23 heavy (non-hydrogen) atoms. The summed E-state index contributed by atoms with van der Waals surface area (Å²) in [5.74, 6) is 0.313. The molecule has 1 aromatic carbocycles. The minimum atomic E-state index is -0.252. The molecule has 0 aliphatic heterocycles. The largest absolute Gasteiger partial charge is 0.301 e. The zero-order valence-electron chi connectivity index (χ0n) is 13.0. The topological polar surface area (TPSA) is 54.9 Å². The van der Waals surface area contributed by atoms with Crippen molar-refractivity contribution in [1.29, 1.82) is 0 Å². The lowest BCUT2D eigenvalue weighted by Gasteiger charge is -2.02. The number of nitrogens with zero attached hydrogens (tertiary/aromatic N) is 2. The smallest absolute Gasteiger partial charge is 0.227 e. The highest BCUT2D eigenvalue weighted by Gasteiger charge is 2.08. The van der Waals surface area contributed by atoms with Crippen molar-refractivity contribution in [1.82, 2.24) is 10.2 Å². The number of anilines is 1. The second kappa shape index (κ2) is 9.62. The monoisotopic (exact) mass is 353 g/mol. The summed E-state index contributed by atoms with van der Waals surface area (Å²) in [7, 11) is 0. The van der Waals surface area contributed by atoms with Crippen molar-refractivity contribution in [2.45, 2.75) is 43.9 Å². The summed E-state index contributed by atoms with van der Waals surface area (Å²) in [6.45, 7) is 2.16. The molecule has 0 atom stereocenters. The fraction of sp³-hybridized carbons (Fsp3) is 0.438. The predicted octanol–water partition coefficient (Wildman–Crippen LogP) is 4.53. The molecule has 0 saturated heterocycles. The second-order valence-corrected chi connectivity index (χ2v) is 7.29. The van der Waals surface area contributed by atoms with Crippen LogP contribution in [0.4, 0.5) is 9.52 Å². The van der Waals surface area contributed by atoms with E-state index in [0.717, 1.165) is 22.7 Å². The van der Waals surface area contributed by atoms with E-state index in [0.29, 0.717) is 17.3 Å². The van der Waals surface area contributed by atoms with Gasteiger partial charge < -0.3 is 5.32 Å². The van der Waals surface area contributed by atoms with Crippen LogP contribution in [0.2, 0.25) is 0 Å². The highest BCUT2D eigenvalue weighted by atomic mass is 32.2. The van der Waals surface area contributed by atoms with Crippen LogP contribution < -0.4 is 5.32 Å². The number of aryl methyl sites for hydroxylation is 1. The van der Waals surface area contributed by atoms with Crippen LogP contribution in [0.25, 0.3) is 0 Å². The number of hydrogen-bond acceptors (Lipinski definition) is 5. The number of halogens is 1. The molecule has 0 spiro atoms. The van der Waals surface area contributed by atoms with Gasteiger partial charge in [-0.05, 0) is 30.7 Å². The molecule has 0 aliphatic rings. The number of carbonyl (C=O) groups excluding carboxylic acids is 1. The zero-order chi connectivity index (χ0) is 16.5. The van der Waals surface area contributed by atoms with E-state index >= 15 is 0 Å². The van der Waals surface area contributed by atoms with Crippen LogP contribution >= 0.6 is 23.1 Å². The van der Waals surface area contributed by atoms with Gasteiger partial charge in [0.25, 0.3) is 0 Å². The summed E-state index contributed by atoms with van der Waals surface area (Å²) in [4.78, 5) is 12.8. The molecule has 2 rings (SSSR count). The summed E-state index contributed by atoms with van der Waals surface area (Å²) in [6, 6.07) is 6.27.